The van der Waals surface area contributed by atoms with Crippen molar-refractivity contribution in [2.24, 2.45) is 7.05 Å². The van der Waals surface area contributed by atoms with Crippen LogP contribution in [0.25, 0.3) is 0 Å². The number of ketones is 1. The van der Waals surface area contributed by atoms with Gasteiger partial charge in [0.2, 0.25) is 5.78 Å². The Morgan fingerprint density at radius 3 is 2.73 bits per heavy atom. The molecule has 2 rings (SSSR count). The van der Waals surface area contributed by atoms with Gasteiger partial charge in [0.05, 0.1) is 6.20 Å². The molecule has 10 heteroatoms. The van der Waals surface area contributed by atoms with Crippen molar-refractivity contribution >= 4 is 17.6 Å². The molecule has 2 aromatic rings. The Hall–Kier alpha value is -3.30. The van der Waals surface area contributed by atoms with Crippen LogP contribution in [0, 0.1) is 0 Å². The van der Waals surface area contributed by atoms with Gasteiger partial charge in [0.1, 0.15) is 11.4 Å². The van der Waals surface area contributed by atoms with Gasteiger partial charge >= 0.3 is 11.7 Å². The van der Waals surface area contributed by atoms with E-state index in [1.54, 1.807) is 0 Å². The van der Waals surface area contributed by atoms with Crippen molar-refractivity contribution in [2.75, 3.05) is 12.3 Å². The summed E-state index contributed by atoms with van der Waals surface area (Å²) in [5, 5.41) is 0. The maximum absolute atomic E-state index is 12.0. The molecule has 10 nitrogen and oxygen atoms in total. The van der Waals surface area contributed by atoms with Gasteiger partial charge in [-0.2, -0.15) is 0 Å². The molecule has 114 valence electrons. The van der Waals surface area contributed by atoms with Crippen LogP contribution in [0.15, 0.2) is 28.2 Å². The molecule has 2 heterocycles. The van der Waals surface area contributed by atoms with Gasteiger partial charge < -0.3 is 10.5 Å². The van der Waals surface area contributed by atoms with E-state index in [4.69, 9.17) is 10.5 Å². The SMILES string of the molecule is Cn1c(N)c(C(=O)COC(=O)c2cnccn2)c(=O)[nH]c1=O. The molecule has 0 spiro atoms. The number of nitrogens with zero attached hydrogens (tertiary/aromatic N) is 3. The van der Waals surface area contributed by atoms with Crippen LogP contribution in [0.4, 0.5) is 5.82 Å². The Balaban J connectivity index is 2.18. The second-order valence-electron chi connectivity index (χ2n) is 4.17. The molecule has 0 aliphatic heterocycles. The van der Waals surface area contributed by atoms with E-state index in [0.29, 0.717) is 0 Å². The number of nitrogens with one attached hydrogen (secondary N) is 1. The van der Waals surface area contributed by atoms with Crippen molar-refractivity contribution in [3.8, 4) is 0 Å². The zero-order valence-electron chi connectivity index (χ0n) is 11.4. The van der Waals surface area contributed by atoms with Gasteiger partial charge in [-0.3, -0.25) is 24.1 Å². The number of esters is 1. The number of nitrogen functional groups attached to an aromatic ring is 1. The zero-order chi connectivity index (χ0) is 16.3. The van der Waals surface area contributed by atoms with Crippen molar-refractivity contribution in [3.63, 3.8) is 0 Å². The van der Waals surface area contributed by atoms with Crippen LogP contribution in [-0.4, -0.2) is 37.9 Å². The monoisotopic (exact) mass is 305 g/mol. The summed E-state index contributed by atoms with van der Waals surface area (Å²) in [5.74, 6) is -2.03. The van der Waals surface area contributed by atoms with Crippen molar-refractivity contribution in [2.45, 2.75) is 0 Å². The number of H-pyrrole nitrogens is 1. The lowest BCUT2D eigenvalue weighted by Crippen LogP contribution is -2.35. The molecule has 2 aromatic heterocycles. The topological polar surface area (TPSA) is 150 Å². The number of hydrogen-bond donors (Lipinski definition) is 2. The van der Waals surface area contributed by atoms with Crippen LogP contribution in [0.1, 0.15) is 20.8 Å². The smallest absolute Gasteiger partial charge is 0.358 e. The molecule has 0 atom stereocenters. The van der Waals surface area contributed by atoms with Gasteiger partial charge in [-0.25, -0.2) is 14.6 Å². The number of hydrogen-bond acceptors (Lipinski definition) is 8. The van der Waals surface area contributed by atoms with E-state index in [1.165, 1.54) is 25.6 Å². The molecule has 22 heavy (non-hydrogen) atoms. The highest BCUT2D eigenvalue weighted by molar-refractivity contribution is 6.01. The van der Waals surface area contributed by atoms with Crippen LogP contribution in [0.5, 0.6) is 0 Å². The molecular formula is C12H11N5O5. The van der Waals surface area contributed by atoms with Gasteiger partial charge in [0.15, 0.2) is 12.3 Å². The van der Waals surface area contributed by atoms with Crippen molar-refractivity contribution in [1.29, 1.82) is 0 Å². The number of rotatable bonds is 4. The fraction of sp³-hybridized carbons (Fsp3) is 0.167. The number of Topliss-reactive ketones (excluding diaryl/α,β-unsaturated/α-hetero) is 1. The second kappa shape index (κ2) is 5.99. The van der Waals surface area contributed by atoms with Crippen LogP contribution in [0.2, 0.25) is 0 Å². The molecular weight excluding hydrogens is 294 g/mol. The predicted octanol–water partition coefficient (Wildman–Crippen LogP) is -1.51. The molecule has 0 aliphatic carbocycles. The molecule has 0 unspecified atom stereocenters. The third kappa shape index (κ3) is 2.90. The quantitative estimate of drug-likeness (QED) is 0.511. The highest BCUT2D eigenvalue weighted by Gasteiger charge is 2.20. The third-order valence-electron chi connectivity index (χ3n) is 2.76. The summed E-state index contributed by atoms with van der Waals surface area (Å²) in [4.78, 5) is 55.8. The van der Waals surface area contributed by atoms with Gasteiger partial charge in [0, 0.05) is 19.4 Å². The summed E-state index contributed by atoms with van der Waals surface area (Å²) in [6.45, 7) is -0.721. The Morgan fingerprint density at radius 1 is 1.36 bits per heavy atom. The maximum atomic E-state index is 12.0. The molecule has 0 fully saturated rings. The van der Waals surface area contributed by atoms with E-state index in [-0.39, 0.29) is 11.5 Å². The minimum Gasteiger partial charge on any atom is -0.453 e. The Bertz CT molecular complexity index is 839. The fourth-order valence-corrected chi connectivity index (χ4v) is 1.59. The molecule has 3 N–H and O–H groups in total. The average molecular weight is 305 g/mol. The normalized spacial score (nSPS) is 10.2. The Kier molecular flexibility index (Phi) is 4.11. The number of carbonyl (C=O) groups is 2. The minimum atomic E-state index is -0.943. The van der Waals surface area contributed by atoms with Crippen molar-refractivity contribution in [3.05, 3.63) is 50.7 Å². The number of aromatic nitrogens is 4. The molecule has 0 saturated heterocycles. The van der Waals surface area contributed by atoms with Crippen LogP contribution in [0.3, 0.4) is 0 Å². The molecule has 0 aliphatic rings. The van der Waals surface area contributed by atoms with E-state index in [0.717, 1.165) is 4.57 Å². The number of anilines is 1. The number of ether oxygens (including phenoxy) is 1. The predicted molar refractivity (Wildman–Crippen MR) is 73.4 cm³/mol. The average Bonchev–Trinajstić information content (AvgIpc) is 2.51. The molecule has 0 saturated carbocycles. The fourth-order valence-electron chi connectivity index (χ4n) is 1.59. The first-order chi connectivity index (χ1) is 10.4. The summed E-state index contributed by atoms with van der Waals surface area (Å²) in [6, 6.07) is 0. The Morgan fingerprint density at radius 2 is 2.09 bits per heavy atom. The maximum Gasteiger partial charge on any atom is 0.358 e. The molecule has 0 radical (unpaired) electrons. The third-order valence-corrected chi connectivity index (χ3v) is 2.76. The van der Waals surface area contributed by atoms with Gasteiger partial charge in [-0.1, -0.05) is 0 Å². The van der Waals surface area contributed by atoms with Gasteiger partial charge in [0.25, 0.3) is 5.56 Å². The lowest BCUT2D eigenvalue weighted by molar-refractivity contribution is 0.0468. The second-order valence-corrected chi connectivity index (χ2v) is 4.17. The largest absolute Gasteiger partial charge is 0.453 e. The van der Waals surface area contributed by atoms with E-state index >= 15 is 0 Å². The number of carbonyl (C=O) groups excluding carboxylic acids is 2. The summed E-state index contributed by atoms with van der Waals surface area (Å²) < 4.78 is 5.64. The van der Waals surface area contributed by atoms with Gasteiger partial charge in [-0.15, -0.1) is 0 Å². The van der Waals surface area contributed by atoms with Crippen molar-refractivity contribution < 1.29 is 14.3 Å². The lowest BCUT2D eigenvalue weighted by Gasteiger charge is -2.08. The van der Waals surface area contributed by atoms with Crippen molar-refractivity contribution in [1.82, 2.24) is 19.5 Å². The first-order valence-electron chi connectivity index (χ1n) is 5.97. The molecule has 0 bridgehead atoms. The summed E-state index contributed by atoms with van der Waals surface area (Å²) in [5.41, 5.74) is 3.33. The highest BCUT2D eigenvalue weighted by atomic mass is 16.5. The van der Waals surface area contributed by atoms with E-state index in [1.807, 2.05) is 4.98 Å². The van der Waals surface area contributed by atoms with Gasteiger partial charge in [-0.05, 0) is 0 Å². The number of aromatic amines is 1. The number of nitrogens with two attached hydrogens (primary N) is 1. The summed E-state index contributed by atoms with van der Waals surface area (Å²) in [6.07, 6.45) is 3.82. The Labute approximate surface area is 122 Å². The van der Waals surface area contributed by atoms with E-state index in [2.05, 4.69) is 9.97 Å². The summed E-state index contributed by atoms with van der Waals surface area (Å²) in [7, 11) is 1.29. The van der Waals surface area contributed by atoms with Crippen LogP contribution in [-0.2, 0) is 11.8 Å². The zero-order valence-corrected chi connectivity index (χ0v) is 11.4. The van der Waals surface area contributed by atoms with Crippen LogP contribution >= 0.6 is 0 Å². The molecule has 0 aromatic carbocycles. The minimum absolute atomic E-state index is 0.0855. The first kappa shape index (κ1) is 15.1. The first-order valence-corrected chi connectivity index (χ1v) is 5.97. The van der Waals surface area contributed by atoms with Crippen LogP contribution < -0.4 is 17.0 Å². The van der Waals surface area contributed by atoms with E-state index < -0.39 is 35.2 Å². The molecule has 0 amide bonds. The summed E-state index contributed by atoms with van der Waals surface area (Å²) >= 11 is 0. The highest BCUT2D eigenvalue weighted by Crippen LogP contribution is 2.04. The van der Waals surface area contributed by atoms with E-state index in [9.17, 15) is 19.2 Å². The standard InChI is InChI=1S/C12H11N5O5/c1-17-9(13)8(10(19)16-12(17)21)7(18)5-22-11(20)6-4-14-2-3-15-6/h2-4H,5,13H2,1H3,(H,16,19,21). The lowest BCUT2D eigenvalue weighted by atomic mass is 10.2.